The predicted octanol–water partition coefficient (Wildman–Crippen LogP) is -1.03. The van der Waals surface area contributed by atoms with Gasteiger partial charge < -0.3 is 89.9 Å². The van der Waals surface area contributed by atoms with Gasteiger partial charge in [-0.1, -0.05) is 104 Å². The highest BCUT2D eigenvalue weighted by Crippen LogP contribution is 2.33. The summed E-state index contributed by atoms with van der Waals surface area (Å²) in [7, 11) is 0. The number of ether oxygens (including phenoxy) is 6. The van der Waals surface area contributed by atoms with Crippen LogP contribution in [0.5, 0.6) is 0 Å². The maximum absolute atomic E-state index is 13.0. The van der Waals surface area contributed by atoms with Crippen LogP contribution in [-0.4, -0.2) is 193 Å². The highest BCUT2D eigenvalue weighted by atomic mass is 16.8. The minimum atomic E-state index is -1.96. The Morgan fingerprint density at radius 2 is 0.950 bits per heavy atom. The molecule has 3 aliphatic rings. The van der Waals surface area contributed by atoms with Crippen LogP contribution in [-0.2, 0) is 33.2 Å². The van der Waals surface area contributed by atoms with Crippen LogP contribution in [0.15, 0.2) is 0 Å². The molecule has 0 saturated carbocycles. The molecule has 0 bridgehead atoms. The van der Waals surface area contributed by atoms with Crippen molar-refractivity contribution >= 4 is 5.91 Å². The molecule has 0 aromatic rings. The van der Waals surface area contributed by atoms with Crippen molar-refractivity contribution in [2.24, 2.45) is 0 Å². The summed E-state index contributed by atoms with van der Waals surface area (Å²) in [6, 6.07) is -0.873. The SMILES string of the molecule is CCCCCCCCCCC(O)C(COC1OC(CO)C(OC2OC(CO)C(OC3OC(CO)C(O)C(O)C3O)C(O)C2O)C(O)C1O)NC(=O)CCCCCCCCC. The van der Waals surface area contributed by atoms with Gasteiger partial charge in [0.25, 0.3) is 0 Å². The second-order valence-corrected chi connectivity index (χ2v) is 16.5. The van der Waals surface area contributed by atoms with Crippen molar-refractivity contribution in [3.63, 3.8) is 0 Å². The van der Waals surface area contributed by atoms with Crippen molar-refractivity contribution in [2.75, 3.05) is 26.4 Å². The lowest BCUT2D eigenvalue weighted by Crippen LogP contribution is -2.66. The van der Waals surface area contributed by atoms with Crippen LogP contribution in [0.25, 0.3) is 0 Å². The molecule has 1 amide bonds. The van der Waals surface area contributed by atoms with Gasteiger partial charge >= 0.3 is 0 Å². The molecular formula is C41H77NO18. The van der Waals surface area contributed by atoms with Gasteiger partial charge in [-0.15, -0.1) is 0 Å². The first-order valence-corrected chi connectivity index (χ1v) is 22.3. The zero-order valence-corrected chi connectivity index (χ0v) is 35.4. The summed E-state index contributed by atoms with van der Waals surface area (Å²) in [5.74, 6) is -0.255. The van der Waals surface area contributed by atoms with E-state index in [4.69, 9.17) is 28.4 Å². The average molecular weight is 872 g/mol. The summed E-state index contributed by atoms with van der Waals surface area (Å²) in [6.45, 7) is 1.63. The molecule has 0 aromatic heterocycles. The molecule has 3 saturated heterocycles. The first-order chi connectivity index (χ1) is 28.8. The topological polar surface area (TPSA) is 307 Å². The minimum Gasteiger partial charge on any atom is -0.394 e. The Bertz CT molecular complexity index is 1140. The van der Waals surface area contributed by atoms with Crippen molar-refractivity contribution in [1.82, 2.24) is 5.32 Å². The molecule has 3 aliphatic heterocycles. The molecule has 17 atom stereocenters. The summed E-state index contributed by atoms with van der Waals surface area (Å²) in [5, 5.41) is 119. The van der Waals surface area contributed by atoms with Crippen LogP contribution < -0.4 is 5.32 Å². The van der Waals surface area contributed by atoms with E-state index in [1.165, 1.54) is 32.1 Å². The number of carbonyl (C=O) groups excluding carboxylic acids is 1. The van der Waals surface area contributed by atoms with Crippen LogP contribution in [0.4, 0.5) is 0 Å². The molecule has 3 rings (SSSR count). The summed E-state index contributed by atoms with van der Waals surface area (Å²) >= 11 is 0. The van der Waals surface area contributed by atoms with Gasteiger partial charge in [-0.2, -0.15) is 0 Å². The van der Waals surface area contributed by atoms with Crippen molar-refractivity contribution in [3.8, 4) is 0 Å². The molecular weight excluding hydrogens is 794 g/mol. The van der Waals surface area contributed by atoms with Crippen LogP contribution >= 0.6 is 0 Å². The van der Waals surface area contributed by atoms with Gasteiger partial charge in [0, 0.05) is 6.42 Å². The fourth-order valence-electron chi connectivity index (χ4n) is 7.84. The van der Waals surface area contributed by atoms with E-state index >= 15 is 0 Å². The van der Waals surface area contributed by atoms with E-state index in [1.54, 1.807) is 0 Å². The highest BCUT2D eigenvalue weighted by molar-refractivity contribution is 5.76. The average Bonchev–Trinajstić information content (AvgIpc) is 3.24. The summed E-state index contributed by atoms with van der Waals surface area (Å²) in [4.78, 5) is 13.0. The Morgan fingerprint density at radius 3 is 1.45 bits per heavy atom. The van der Waals surface area contributed by atoms with Crippen LogP contribution in [0, 0.1) is 0 Å². The maximum atomic E-state index is 13.0. The zero-order valence-electron chi connectivity index (χ0n) is 35.4. The van der Waals surface area contributed by atoms with E-state index in [0.29, 0.717) is 12.8 Å². The second-order valence-electron chi connectivity index (χ2n) is 16.5. The number of aliphatic hydroxyl groups excluding tert-OH is 11. The number of hydrogen-bond acceptors (Lipinski definition) is 18. The van der Waals surface area contributed by atoms with Gasteiger partial charge in [0.15, 0.2) is 18.9 Å². The number of nitrogens with one attached hydrogen (secondary N) is 1. The van der Waals surface area contributed by atoms with Gasteiger partial charge in [0.05, 0.1) is 38.6 Å². The minimum absolute atomic E-state index is 0.255. The molecule has 17 unspecified atom stereocenters. The lowest BCUT2D eigenvalue weighted by atomic mass is 9.96. The van der Waals surface area contributed by atoms with E-state index in [9.17, 15) is 61.0 Å². The normalized spacial score (nSPS) is 35.9. The van der Waals surface area contributed by atoms with E-state index in [2.05, 4.69) is 19.2 Å². The number of amides is 1. The standard InChI is InChI=1S/C41H77NO18/c1-3-5-7-9-11-13-14-16-18-25(46)24(42-29(47)19-17-15-12-10-8-6-4-2)23-55-39-35(53)32(50)37(27(21-44)57-39)60-41-36(54)33(51)38(28(22-45)58-41)59-40-34(52)31(49)30(48)26(20-43)56-40/h24-28,30-41,43-46,48-54H,3-23H2,1-2H3,(H,42,47). The van der Waals surface area contributed by atoms with E-state index in [0.717, 1.165) is 57.8 Å². The molecule has 60 heavy (non-hydrogen) atoms. The van der Waals surface area contributed by atoms with Crippen molar-refractivity contribution in [3.05, 3.63) is 0 Å². The molecule has 3 heterocycles. The summed E-state index contributed by atoms with van der Waals surface area (Å²) in [5.41, 5.74) is 0. The Labute approximate surface area is 353 Å². The third-order valence-electron chi connectivity index (χ3n) is 11.7. The number of aliphatic hydroxyl groups is 11. The number of hydrogen-bond donors (Lipinski definition) is 12. The second kappa shape index (κ2) is 28.6. The summed E-state index contributed by atoms with van der Waals surface area (Å²) in [6.07, 6.45) is -9.97. The quantitative estimate of drug-likeness (QED) is 0.0400. The molecule has 3 fully saturated rings. The molecule has 0 spiro atoms. The van der Waals surface area contributed by atoms with Crippen molar-refractivity contribution < 1.29 is 89.4 Å². The Hall–Kier alpha value is -1.21. The molecule has 0 aliphatic carbocycles. The van der Waals surface area contributed by atoms with Crippen LogP contribution in [0.3, 0.4) is 0 Å². The fourth-order valence-corrected chi connectivity index (χ4v) is 7.84. The fraction of sp³-hybridized carbons (Fsp3) is 0.976. The maximum Gasteiger partial charge on any atom is 0.220 e. The number of unbranched alkanes of at least 4 members (excludes halogenated alkanes) is 13. The van der Waals surface area contributed by atoms with E-state index in [1.807, 2.05) is 0 Å². The monoisotopic (exact) mass is 872 g/mol. The van der Waals surface area contributed by atoms with Crippen LogP contribution in [0.2, 0.25) is 0 Å². The van der Waals surface area contributed by atoms with Crippen LogP contribution in [0.1, 0.15) is 123 Å². The Morgan fingerprint density at radius 1 is 0.533 bits per heavy atom. The molecule has 19 nitrogen and oxygen atoms in total. The van der Waals surface area contributed by atoms with E-state index < -0.39 is 124 Å². The smallest absolute Gasteiger partial charge is 0.220 e. The molecule has 354 valence electrons. The third kappa shape index (κ3) is 16.1. The number of rotatable bonds is 29. The van der Waals surface area contributed by atoms with Crippen molar-refractivity contribution in [2.45, 2.75) is 227 Å². The molecule has 12 N–H and O–H groups in total. The number of carbonyl (C=O) groups is 1. The van der Waals surface area contributed by atoms with Gasteiger partial charge in [0.1, 0.15) is 73.2 Å². The third-order valence-corrected chi connectivity index (χ3v) is 11.7. The van der Waals surface area contributed by atoms with Gasteiger partial charge in [0.2, 0.25) is 5.91 Å². The van der Waals surface area contributed by atoms with E-state index in [-0.39, 0.29) is 18.9 Å². The first-order valence-electron chi connectivity index (χ1n) is 22.3. The molecule has 0 aromatic carbocycles. The van der Waals surface area contributed by atoms with Gasteiger partial charge in [-0.05, 0) is 12.8 Å². The predicted molar refractivity (Wildman–Crippen MR) is 213 cm³/mol. The lowest BCUT2D eigenvalue weighted by Gasteiger charge is -2.48. The largest absolute Gasteiger partial charge is 0.394 e. The molecule has 0 radical (unpaired) electrons. The lowest BCUT2D eigenvalue weighted by molar-refractivity contribution is -0.379. The Balaban J connectivity index is 1.61. The highest BCUT2D eigenvalue weighted by Gasteiger charge is 2.53. The van der Waals surface area contributed by atoms with Crippen molar-refractivity contribution in [1.29, 1.82) is 0 Å². The first kappa shape index (κ1) is 53.1. The molecule has 19 heteroatoms. The van der Waals surface area contributed by atoms with Gasteiger partial charge in [-0.25, -0.2) is 0 Å². The Kier molecular flexibility index (Phi) is 25.3. The van der Waals surface area contributed by atoms with Gasteiger partial charge in [-0.3, -0.25) is 4.79 Å². The zero-order chi connectivity index (χ0) is 44.2. The summed E-state index contributed by atoms with van der Waals surface area (Å²) < 4.78 is 33.9.